The molecule has 0 radical (unpaired) electrons. The Kier molecular flexibility index (Phi) is 2.87. The molecule has 14 heavy (non-hydrogen) atoms. The van der Waals surface area contributed by atoms with Crippen LogP contribution in [-0.2, 0) is 10.4 Å². The first-order valence-electron chi connectivity index (χ1n) is 3.64. The lowest BCUT2D eigenvalue weighted by Crippen LogP contribution is -2.06. The number of hydrogen-bond donors (Lipinski definition) is 1. The molecule has 1 aromatic carbocycles. The fraction of sp³-hybridized carbons (Fsp3) is 0.125. The van der Waals surface area contributed by atoms with E-state index in [9.17, 15) is 13.2 Å². The van der Waals surface area contributed by atoms with Crippen molar-refractivity contribution in [3.63, 3.8) is 0 Å². The number of carbonyl (C=O) groups is 1. The molecule has 0 bridgehead atoms. The van der Waals surface area contributed by atoms with Gasteiger partial charge in [0.15, 0.2) is 0 Å². The molecule has 1 aromatic rings. The lowest BCUT2D eigenvalue weighted by atomic mass is 10.1. The van der Waals surface area contributed by atoms with Gasteiger partial charge >= 0.3 is 10.4 Å². The van der Waals surface area contributed by atoms with Crippen LogP contribution in [0, 0.1) is 6.92 Å². The Hall–Kier alpha value is -1.40. The van der Waals surface area contributed by atoms with Crippen LogP contribution < -0.4 is 4.18 Å². The zero-order valence-electron chi connectivity index (χ0n) is 7.30. The standard InChI is InChI=1S/C8H8O5S/c1-6-2-7(5-9)4-8(3-6)13-14(10,11)12/h2-5H,1H3,(H,10,11,12). The van der Waals surface area contributed by atoms with Crippen LogP contribution in [0.3, 0.4) is 0 Å². The number of aryl methyl sites for hydroxylation is 1. The van der Waals surface area contributed by atoms with Crippen molar-refractivity contribution in [2.75, 3.05) is 0 Å². The molecule has 0 aliphatic carbocycles. The summed E-state index contributed by atoms with van der Waals surface area (Å²) in [5.74, 6) is -0.0883. The fourth-order valence-electron chi connectivity index (χ4n) is 1.01. The molecular weight excluding hydrogens is 208 g/mol. The van der Waals surface area contributed by atoms with Crippen LogP contribution in [0.4, 0.5) is 0 Å². The molecule has 76 valence electrons. The SMILES string of the molecule is Cc1cc(C=O)cc(OS(=O)(=O)O)c1. The zero-order valence-corrected chi connectivity index (χ0v) is 8.11. The third-order valence-electron chi connectivity index (χ3n) is 1.41. The first-order chi connectivity index (χ1) is 6.40. The second kappa shape index (κ2) is 3.77. The van der Waals surface area contributed by atoms with E-state index >= 15 is 0 Å². The molecule has 0 atom stereocenters. The number of aldehydes is 1. The smallest absolute Gasteiger partial charge is 0.362 e. The van der Waals surface area contributed by atoms with Gasteiger partial charge in [-0.05, 0) is 30.7 Å². The summed E-state index contributed by atoms with van der Waals surface area (Å²) >= 11 is 0. The van der Waals surface area contributed by atoms with Gasteiger partial charge < -0.3 is 4.18 Å². The minimum Gasteiger partial charge on any atom is -0.362 e. The van der Waals surface area contributed by atoms with E-state index in [4.69, 9.17) is 4.55 Å². The van der Waals surface area contributed by atoms with E-state index in [1.54, 1.807) is 13.0 Å². The average molecular weight is 216 g/mol. The van der Waals surface area contributed by atoms with Crippen LogP contribution in [-0.4, -0.2) is 19.3 Å². The highest BCUT2D eigenvalue weighted by molar-refractivity contribution is 7.81. The highest BCUT2D eigenvalue weighted by Crippen LogP contribution is 2.16. The van der Waals surface area contributed by atoms with E-state index in [1.165, 1.54) is 12.1 Å². The van der Waals surface area contributed by atoms with Gasteiger partial charge in [-0.1, -0.05) is 0 Å². The van der Waals surface area contributed by atoms with Crippen LogP contribution in [0.15, 0.2) is 18.2 Å². The van der Waals surface area contributed by atoms with Crippen molar-refractivity contribution in [2.45, 2.75) is 6.92 Å². The van der Waals surface area contributed by atoms with Crippen molar-refractivity contribution in [3.05, 3.63) is 29.3 Å². The Bertz CT molecular complexity index is 449. The van der Waals surface area contributed by atoms with Crippen molar-refractivity contribution < 1.29 is 21.9 Å². The van der Waals surface area contributed by atoms with Crippen molar-refractivity contribution >= 4 is 16.7 Å². The molecule has 0 heterocycles. The van der Waals surface area contributed by atoms with E-state index in [1.807, 2.05) is 0 Å². The Morgan fingerprint density at radius 2 is 2.00 bits per heavy atom. The van der Waals surface area contributed by atoms with Crippen molar-refractivity contribution in [2.24, 2.45) is 0 Å². The molecule has 0 unspecified atom stereocenters. The summed E-state index contributed by atoms with van der Waals surface area (Å²) in [5.41, 5.74) is 0.942. The second-order valence-corrected chi connectivity index (χ2v) is 3.73. The monoisotopic (exact) mass is 216 g/mol. The molecule has 1 N–H and O–H groups in total. The Labute approximate surface area is 81.3 Å². The van der Waals surface area contributed by atoms with Crippen LogP contribution in [0.1, 0.15) is 15.9 Å². The average Bonchev–Trinajstić information content (AvgIpc) is 1.99. The Balaban J connectivity index is 3.10. The zero-order chi connectivity index (χ0) is 10.8. The third-order valence-corrected chi connectivity index (χ3v) is 1.81. The predicted octanol–water partition coefficient (Wildman–Crippen LogP) is 0.989. The minimum absolute atomic E-state index is 0.0883. The molecule has 6 heteroatoms. The summed E-state index contributed by atoms with van der Waals surface area (Å²) in [4.78, 5) is 10.4. The molecule has 0 fully saturated rings. The predicted molar refractivity (Wildman–Crippen MR) is 48.7 cm³/mol. The fourth-order valence-corrected chi connectivity index (χ4v) is 1.35. The summed E-state index contributed by atoms with van der Waals surface area (Å²) in [6, 6.07) is 4.17. The molecule has 1 rings (SSSR count). The van der Waals surface area contributed by atoms with Crippen LogP contribution in [0.2, 0.25) is 0 Å². The lowest BCUT2D eigenvalue weighted by Gasteiger charge is -2.03. The van der Waals surface area contributed by atoms with Crippen LogP contribution >= 0.6 is 0 Å². The van der Waals surface area contributed by atoms with E-state index in [0.717, 1.165) is 0 Å². The third kappa shape index (κ3) is 3.15. The molecule has 0 aliphatic rings. The number of carbonyl (C=O) groups excluding carboxylic acids is 1. The highest BCUT2D eigenvalue weighted by Gasteiger charge is 2.07. The lowest BCUT2D eigenvalue weighted by molar-refractivity contribution is 0.112. The molecule has 0 saturated carbocycles. The molecule has 5 nitrogen and oxygen atoms in total. The number of rotatable bonds is 3. The van der Waals surface area contributed by atoms with E-state index in [2.05, 4.69) is 4.18 Å². The summed E-state index contributed by atoms with van der Waals surface area (Å²) in [7, 11) is -4.53. The van der Waals surface area contributed by atoms with Crippen LogP contribution in [0.25, 0.3) is 0 Å². The maximum Gasteiger partial charge on any atom is 0.446 e. The number of hydrogen-bond acceptors (Lipinski definition) is 4. The van der Waals surface area contributed by atoms with Gasteiger partial charge in [-0.3, -0.25) is 9.35 Å². The van der Waals surface area contributed by atoms with E-state index in [0.29, 0.717) is 11.8 Å². The highest BCUT2D eigenvalue weighted by atomic mass is 32.3. The molecule has 0 spiro atoms. The molecule has 0 aromatic heterocycles. The van der Waals surface area contributed by atoms with Gasteiger partial charge in [0.05, 0.1) is 0 Å². The summed E-state index contributed by atoms with van der Waals surface area (Å²) < 4.78 is 33.3. The maximum absolute atomic E-state index is 10.4. The summed E-state index contributed by atoms with van der Waals surface area (Å²) in [6.45, 7) is 1.67. The summed E-state index contributed by atoms with van der Waals surface area (Å²) in [5, 5.41) is 0. The maximum atomic E-state index is 10.4. The van der Waals surface area contributed by atoms with Gasteiger partial charge in [0.25, 0.3) is 0 Å². The summed E-state index contributed by atoms with van der Waals surface area (Å²) in [6.07, 6.45) is 0.559. The Morgan fingerprint density at radius 3 is 2.50 bits per heavy atom. The first-order valence-corrected chi connectivity index (χ1v) is 5.01. The van der Waals surface area contributed by atoms with Crippen molar-refractivity contribution in [1.29, 1.82) is 0 Å². The van der Waals surface area contributed by atoms with Crippen molar-refractivity contribution in [3.8, 4) is 5.75 Å². The number of benzene rings is 1. The van der Waals surface area contributed by atoms with Gasteiger partial charge in [0.1, 0.15) is 12.0 Å². The van der Waals surface area contributed by atoms with Gasteiger partial charge in [-0.15, -0.1) is 0 Å². The molecule has 0 amide bonds. The van der Waals surface area contributed by atoms with Gasteiger partial charge in [-0.2, -0.15) is 8.42 Å². The quantitative estimate of drug-likeness (QED) is 0.602. The van der Waals surface area contributed by atoms with Gasteiger partial charge in [0, 0.05) is 5.56 Å². The van der Waals surface area contributed by atoms with Crippen LogP contribution in [0.5, 0.6) is 5.75 Å². The Morgan fingerprint density at radius 1 is 1.36 bits per heavy atom. The molecular formula is C8H8O5S. The van der Waals surface area contributed by atoms with Gasteiger partial charge in [-0.25, -0.2) is 0 Å². The largest absolute Gasteiger partial charge is 0.446 e. The van der Waals surface area contributed by atoms with E-state index in [-0.39, 0.29) is 11.3 Å². The second-order valence-electron chi connectivity index (χ2n) is 2.71. The van der Waals surface area contributed by atoms with Gasteiger partial charge in [0.2, 0.25) is 0 Å². The van der Waals surface area contributed by atoms with Crippen molar-refractivity contribution in [1.82, 2.24) is 0 Å². The minimum atomic E-state index is -4.53. The topological polar surface area (TPSA) is 80.7 Å². The first kappa shape index (κ1) is 10.7. The van der Waals surface area contributed by atoms with E-state index < -0.39 is 10.4 Å². The molecule has 0 aliphatic heterocycles. The molecule has 0 saturated heterocycles. The normalized spacial score (nSPS) is 11.0.